The lowest BCUT2D eigenvalue weighted by Crippen LogP contribution is -2.65. The number of rotatable bonds is 8. The lowest BCUT2D eigenvalue weighted by molar-refractivity contribution is -0.148. The van der Waals surface area contributed by atoms with Gasteiger partial charge in [-0.05, 0) is 78.8 Å². The van der Waals surface area contributed by atoms with Gasteiger partial charge in [0.05, 0.1) is 23.0 Å². The predicted molar refractivity (Wildman–Crippen MR) is 165 cm³/mol. The number of hydrogen-bond donors (Lipinski definition) is 1. The second kappa shape index (κ2) is 13.2. The highest BCUT2D eigenvalue weighted by atomic mass is 16.6. The van der Waals surface area contributed by atoms with Gasteiger partial charge in [-0.1, -0.05) is 19.8 Å². The molecule has 0 saturated carbocycles. The van der Waals surface area contributed by atoms with E-state index in [9.17, 15) is 14.4 Å². The van der Waals surface area contributed by atoms with Gasteiger partial charge in [0.15, 0.2) is 5.78 Å². The van der Waals surface area contributed by atoms with Crippen LogP contribution in [0.5, 0.6) is 0 Å². The molecule has 43 heavy (non-hydrogen) atoms. The summed E-state index contributed by atoms with van der Waals surface area (Å²) in [6.07, 6.45) is 9.67. The number of unbranched alkanes of at least 4 members (excludes halogenated alkanes) is 1. The normalized spacial score (nSPS) is 25.4. The molecule has 10 nitrogen and oxygen atoms in total. The number of ketones is 1. The number of piperidine rings is 3. The Labute approximate surface area is 257 Å². The summed E-state index contributed by atoms with van der Waals surface area (Å²) in [7, 11) is 0. The molecule has 2 atom stereocenters. The van der Waals surface area contributed by atoms with Gasteiger partial charge in [-0.15, -0.1) is 0 Å². The fraction of sp³-hybridized carbons (Fsp3) is 0.788. The van der Waals surface area contributed by atoms with Gasteiger partial charge in [0.1, 0.15) is 11.9 Å². The minimum absolute atomic E-state index is 0.00592. The van der Waals surface area contributed by atoms with Gasteiger partial charge in [-0.2, -0.15) is 0 Å². The van der Waals surface area contributed by atoms with Crippen LogP contribution in [0.3, 0.4) is 0 Å². The first-order chi connectivity index (χ1) is 20.6. The summed E-state index contributed by atoms with van der Waals surface area (Å²) in [6, 6.07) is -0.391. The maximum atomic E-state index is 13.7. The van der Waals surface area contributed by atoms with Gasteiger partial charge in [0, 0.05) is 57.0 Å². The molecule has 0 radical (unpaired) electrons. The van der Waals surface area contributed by atoms with Crippen molar-refractivity contribution in [3.05, 3.63) is 23.3 Å². The maximum absolute atomic E-state index is 13.7. The van der Waals surface area contributed by atoms with Crippen LogP contribution in [0.1, 0.15) is 100 Å². The quantitative estimate of drug-likeness (QED) is 0.477. The third-order valence-electron chi connectivity index (χ3n) is 11.1. The van der Waals surface area contributed by atoms with Gasteiger partial charge in [0.2, 0.25) is 0 Å². The summed E-state index contributed by atoms with van der Waals surface area (Å²) in [6.45, 7) is 15.5. The van der Waals surface area contributed by atoms with Crippen LogP contribution in [0.4, 0.5) is 4.79 Å². The number of carbonyl (C=O) groups is 3. The lowest BCUT2D eigenvalue weighted by Gasteiger charge is -2.55. The minimum atomic E-state index is -0.468. The van der Waals surface area contributed by atoms with Gasteiger partial charge in [-0.3, -0.25) is 19.4 Å². The van der Waals surface area contributed by atoms with Crippen molar-refractivity contribution in [3.8, 4) is 0 Å². The van der Waals surface area contributed by atoms with Crippen LogP contribution in [0.15, 0.2) is 6.33 Å². The fourth-order valence-electron chi connectivity index (χ4n) is 8.30. The lowest BCUT2D eigenvalue weighted by atomic mass is 9.73. The first-order valence-corrected chi connectivity index (χ1v) is 16.6. The van der Waals surface area contributed by atoms with Crippen LogP contribution >= 0.6 is 0 Å². The van der Waals surface area contributed by atoms with E-state index in [-0.39, 0.29) is 35.2 Å². The maximum Gasteiger partial charge on any atom is 0.410 e. The largest absolute Gasteiger partial charge is 0.442 e. The highest BCUT2D eigenvalue weighted by Gasteiger charge is 2.53. The molecule has 238 valence electrons. The molecule has 4 aliphatic rings. The molecular formula is C33H52N6O4. The van der Waals surface area contributed by atoms with Crippen LogP contribution in [0.2, 0.25) is 0 Å². The van der Waals surface area contributed by atoms with Crippen molar-refractivity contribution in [1.29, 1.82) is 0 Å². The Morgan fingerprint density at radius 2 is 1.67 bits per heavy atom. The number of hydrogen-bond acceptors (Lipinski definition) is 8. The van der Waals surface area contributed by atoms with E-state index in [0.717, 1.165) is 95.4 Å². The molecule has 2 amide bonds. The van der Waals surface area contributed by atoms with E-state index in [2.05, 4.69) is 34.0 Å². The summed E-state index contributed by atoms with van der Waals surface area (Å²) in [5.41, 5.74) is 1.62. The zero-order valence-electron chi connectivity index (χ0n) is 27.0. The number of aryl methyl sites for hydroxylation is 2. The molecule has 4 saturated heterocycles. The van der Waals surface area contributed by atoms with E-state index in [0.29, 0.717) is 25.2 Å². The standard InChI is InChI=1S/C33H52N6O4/c1-6-7-8-27-21-39(29(25(4)40)26-9-15-34-16-10-26)31(42)43-33(27)13-19-38(20-14-33)32(5)11-17-37(18-12-32)30(41)28-23(2)35-22-36-24(28)3/h22,26-27,29,34H,6-21H2,1-5H3. The van der Waals surface area contributed by atoms with Crippen molar-refractivity contribution in [2.45, 2.75) is 110 Å². The van der Waals surface area contributed by atoms with Crippen LogP contribution < -0.4 is 5.32 Å². The minimum Gasteiger partial charge on any atom is -0.442 e. The van der Waals surface area contributed by atoms with Crippen LogP contribution in [-0.2, 0) is 9.53 Å². The van der Waals surface area contributed by atoms with E-state index in [4.69, 9.17) is 4.74 Å². The van der Waals surface area contributed by atoms with Gasteiger partial charge in [0.25, 0.3) is 5.91 Å². The molecule has 2 unspecified atom stereocenters. The molecule has 4 aliphatic heterocycles. The smallest absolute Gasteiger partial charge is 0.410 e. The summed E-state index contributed by atoms with van der Waals surface area (Å²) in [4.78, 5) is 54.8. The number of aromatic nitrogens is 2. The molecule has 10 heteroatoms. The average molecular weight is 597 g/mol. The summed E-state index contributed by atoms with van der Waals surface area (Å²) in [5, 5.41) is 3.38. The Balaban J connectivity index is 1.24. The second-order valence-electron chi connectivity index (χ2n) is 13.8. The van der Waals surface area contributed by atoms with Gasteiger partial charge in [-0.25, -0.2) is 14.8 Å². The van der Waals surface area contributed by atoms with Crippen molar-refractivity contribution in [1.82, 2.24) is 30.0 Å². The van der Waals surface area contributed by atoms with Crippen molar-refractivity contribution in [3.63, 3.8) is 0 Å². The molecule has 1 spiro atoms. The Hall–Kier alpha value is -2.59. The number of nitrogens with one attached hydrogen (secondary N) is 1. The molecule has 5 rings (SSSR count). The average Bonchev–Trinajstić information content (AvgIpc) is 2.99. The first kappa shape index (κ1) is 31.8. The topological polar surface area (TPSA) is 108 Å². The van der Waals surface area contributed by atoms with Crippen molar-refractivity contribution >= 4 is 17.8 Å². The third kappa shape index (κ3) is 6.46. The number of carbonyl (C=O) groups excluding carboxylic acids is 3. The van der Waals surface area contributed by atoms with Crippen LogP contribution in [-0.4, -0.2) is 105 Å². The first-order valence-electron chi connectivity index (χ1n) is 16.6. The number of nitrogens with zero attached hydrogens (tertiary/aromatic N) is 5. The van der Waals surface area contributed by atoms with E-state index in [1.807, 2.05) is 18.7 Å². The van der Waals surface area contributed by atoms with Crippen molar-refractivity contribution < 1.29 is 19.1 Å². The van der Waals surface area contributed by atoms with E-state index < -0.39 is 11.6 Å². The molecular weight excluding hydrogens is 544 g/mol. The van der Waals surface area contributed by atoms with E-state index >= 15 is 0 Å². The Morgan fingerprint density at radius 1 is 1.05 bits per heavy atom. The number of Topliss-reactive ketones (excluding diaryl/α,β-unsaturated/α-hetero) is 1. The van der Waals surface area contributed by atoms with Crippen molar-refractivity contribution in [2.75, 3.05) is 45.8 Å². The summed E-state index contributed by atoms with van der Waals surface area (Å²) < 4.78 is 6.48. The molecule has 1 aromatic rings. The molecule has 0 aromatic carbocycles. The molecule has 5 heterocycles. The molecule has 1 aromatic heterocycles. The van der Waals surface area contributed by atoms with Crippen LogP contribution in [0, 0.1) is 25.7 Å². The highest BCUT2D eigenvalue weighted by molar-refractivity contribution is 5.96. The fourth-order valence-corrected chi connectivity index (χ4v) is 8.30. The molecule has 4 fully saturated rings. The Morgan fingerprint density at radius 3 is 2.26 bits per heavy atom. The second-order valence-corrected chi connectivity index (χ2v) is 13.8. The van der Waals surface area contributed by atoms with Gasteiger partial charge < -0.3 is 15.0 Å². The molecule has 0 aliphatic carbocycles. The van der Waals surface area contributed by atoms with E-state index in [1.165, 1.54) is 6.33 Å². The summed E-state index contributed by atoms with van der Waals surface area (Å²) in [5.74, 6) is 0.518. The Kier molecular flexibility index (Phi) is 9.76. The monoisotopic (exact) mass is 596 g/mol. The summed E-state index contributed by atoms with van der Waals surface area (Å²) >= 11 is 0. The number of likely N-dealkylation sites (tertiary alicyclic amines) is 2. The predicted octanol–water partition coefficient (Wildman–Crippen LogP) is 4.14. The number of amides is 2. The van der Waals surface area contributed by atoms with E-state index in [1.54, 1.807) is 11.8 Å². The molecule has 0 bridgehead atoms. The SMILES string of the molecule is CCCCC1CN(C(C(C)=O)C2CCNCC2)C(=O)OC12CCN(C1(C)CCN(C(=O)c3c(C)ncnc3C)CC1)CC2. The van der Waals surface area contributed by atoms with Crippen molar-refractivity contribution in [2.24, 2.45) is 11.8 Å². The van der Waals surface area contributed by atoms with Gasteiger partial charge >= 0.3 is 6.09 Å². The number of ether oxygens (including phenoxy) is 1. The van der Waals surface area contributed by atoms with Crippen LogP contribution in [0.25, 0.3) is 0 Å². The zero-order chi connectivity index (χ0) is 30.8. The Bertz CT molecular complexity index is 1150. The molecule has 1 N–H and O–H groups in total. The highest BCUT2D eigenvalue weighted by Crippen LogP contribution is 2.44. The zero-order valence-corrected chi connectivity index (χ0v) is 27.0. The third-order valence-corrected chi connectivity index (χ3v) is 11.1.